The van der Waals surface area contributed by atoms with Gasteiger partial charge in [-0.25, -0.2) is 0 Å². The molecule has 4 nitrogen and oxygen atoms in total. The van der Waals surface area contributed by atoms with Crippen LogP contribution in [0.4, 0.5) is 0 Å². The second kappa shape index (κ2) is 7.02. The number of hydrogen-bond donors (Lipinski definition) is 0. The monoisotopic (exact) mass is 236 g/mol. The molecule has 0 saturated carbocycles. The molecule has 0 rings (SSSR count). The van der Waals surface area contributed by atoms with Gasteiger partial charge in [-0.2, -0.15) is 0 Å². The second-order valence-electron chi connectivity index (χ2n) is 3.60. The van der Waals surface area contributed by atoms with Crippen LogP contribution in [0.25, 0.3) is 0 Å². The fourth-order valence-electron chi connectivity index (χ4n) is 1.17. The van der Waals surface area contributed by atoms with Gasteiger partial charge in [0, 0.05) is 12.8 Å². The molecule has 5 heteroatoms. The Hall–Kier alpha value is -0.340. The van der Waals surface area contributed by atoms with Crippen LogP contribution in [0.1, 0.15) is 27.2 Å². The van der Waals surface area contributed by atoms with Gasteiger partial charge in [0.15, 0.2) is 7.37 Å². The van der Waals surface area contributed by atoms with E-state index in [1.54, 1.807) is 20.5 Å². The Morgan fingerprint density at radius 2 is 1.93 bits per heavy atom. The third kappa shape index (κ3) is 6.69. The molecule has 0 aliphatic heterocycles. The van der Waals surface area contributed by atoms with Crippen molar-refractivity contribution in [2.45, 2.75) is 27.2 Å². The first-order chi connectivity index (χ1) is 6.93. The Bertz CT molecular complexity index is 240. The molecule has 0 aromatic rings. The standard InChI is InChI=1S/C10H21O4P/c1-5-13-10(11)9(3)7-8-15(4,12)14-6-2/h9H,5-8H2,1-4H3. The van der Waals surface area contributed by atoms with Crippen LogP contribution in [0.2, 0.25) is 0 Å². The summed E-state index contributed by atoms with van der Waals surface area (Å²) in [7, 11) is -2.51. The Balaban J connectivity index is 3.94. The number of rotatable bonds is 7. The van der Waals surface area contributed by atoms with Gasteiger partial charge in [-0.15, -0.1) is 0 Å². The molecule has 0 amide bonds. The minimum absolute atomic E-state index is 0.210. The minimum atomic E-state index is -2.51. The van der Waals surface area contributed by atoms with Crippen LogP contribution in [0.5, 0.6) is 0 Å². The topological polar surface area (TPSA) is 52.6 Å². The molecule has 0 saturated heterocycles. The van der Waals surface area contributed by atoms with Crippen molar-refractivity contribution < 1.29 is 18.6 Å². The molecule has 0 heterocycles. The molecular formula is C10H21O4P. The smallest absolute Gasteiger partial charge is 0.308 e. The zero-order valence-electron chi connectivity index (χ0n) is 9.99. The molecule has 0 bridgehead atoms. The van der Waals surface area contributed by atoms with E-state index < -0.39 is 7.37 Å². The second-order valence-corrected chi connectivity index (χ2v) is 6.33. The maximum Gasteiger partial charge on any atom is 0.308 e. The highest BCUT2D eigenvalue weighted by molar-refractivity contribution is 7.58. The molecule has 2 atom stereocenters. The predicted molar refractivity (Wildman–Crippen MR) is 60.4 cm³/mol. The van der Waals surface area contributed by atoms with Crippen molar-refractivity contribution in [2.75, 3.05) is 26.0 Å². The Kier molecular flexibility index (Phi) is 6.86. The van der Waals surface area contributed by atoms with Crippen molar-refractivity contribution in [3.05, 3.63) is 0 Å². The van der Waals surface area contributed by atoms with Gasteiger partial charge < -0.3 is 9.26 Å². The fourth-order valence-corrected chi connectivity index (χ4v) is 2.70. The summed E-state index contributed by atoms with van der Waals surface area (Å²) in [5.41, 5.74) is 0. The molecule has 0 spiro atoms. The van der Waals surface area contributed by atoms with Crippen LogP contribution in [-0.2, 0) is 18.6 Å². The van der Waals surface area contributed by atoms with E-state index in [0.717, 1.165) is 0 Å². The number of esters is 1. The lowest BCUT2D eigenvalue weighted by Crippen LogP contribution is -2.16. The first-order valence-electron chi connectivity index (χ1n) is 5.30. The molecule has 0 N–H and O–H groups in total. The highest BCUT2D eigenvalue weighted by atomic mass is 31.2. The zero-order chi connectivity index (χ0) is 11.9. The Labute approximate surface area is 91.8 Å². The molecule has 0 aliphatic rings. The fraction of sp³-hybridized carbons (Fsp3) is 0.900. The summed E-state index contributed by atoms with van der Waals surface area (Å²) in [4.78, 5) is 11.3. The summed E-state index contributed by atoms with van der Waals surface area (Å²) in [6, 6.07) is 0. The van der Waals surface area contributed by atoms with Gasteiger partial charge in [0.2, 0.25) is 0 Å². The molecular weight excluding hydrogens is 215 g/mol. The summed E-state index contributed by atoms with van der Waals surface area (Å²) < 4.78 is 21.7. The molecule has 2 unspecified atom stereocenters. The molecule has 0 aromatic heterocycles. The highest BCUT2D eigenvalue weighted by Crippen LogP contribution is 2.43. The van der Waals surface area contributed by atoms with E-state index in [9.17, 15) is 9.36 Å². The van der Waals surface area contributed by atoms with Crippen LogP contribution in [-0.4, -0.2) is 32.0 Å². The van der Waals surface area contributed by atoms with Gasteiger partial charge in [-0.3, -0.25) is 9.36 Å². The van der Waals surface area contributed by atoms with Crippen LogP contribution in [0.3, 0.4) is 0 Å². The highest BCUT2D eigenvalue weighted by Gasteiger charge is 2.20. The summed E-state index contributed by atoms with van der Waals surface area (Å²) in [6.45, 7) is 7.80. The van der Waals surface area contributed by atoms with Crippen molar-refractivity contribution in [3.8, 4) is 0 Å². The molecule has 0 aliphatic carbocycles. The number of carbonyl (C=O) groups excluding carboxylic acids is 1. The zero-order valence-corrected chi connectivity index (χ0v) is 10.9. The van der Waals surface area contributed by atoms with Gasteiger partial charge >= 0.3 is 5.97 Å². The van der Waals surface area contributed by atoms with Crippen molar-refractivity contribution in [3.63, 3.8) is 0 Å². The van der Waals surface area contributed by atoms with E-state index >= 15 is 0 Å². The van der Waals surface area contributed by atoms with Gasteiger partial charge in [-0.05, 0) is 20.3 Å². The van der Waals surface area contributed by atoms with Crippen LogP contribution in [0, 0.1) is 5.92 Å². The maximum absolute atomic E-state index is 11.7. The lowest BCUT2D eigenvalue weighted by molar-refractivity contribution is -0.147. The predicted octanol–water partition coefficient (Wildman–Crippen LogP) is 2.52. The summed E-state index contributed by atoms with van der Waals surface area (Å²) in [5, 5.41) is 0. The summed E-state index contributed by atoms with van der Waals surface area (Å²) in [5.74, 6) is -0.437. The maximum atomic E-state index is 11.7. The van der Waals surface area contributed by atoms with Gasteiger partial charge in [0.1, 0.15) is 0 Å². The van der Waals surface area contributed by atoms with Crippen molar-refractivity contribution in [2.24, 2.45) is 5.92 Å². The van der Waals surface area contributed by atoms with E-state index in [4.69, 9.17) is 9.26 Å². The SMILES string of the molecule is CCOC(=O)C(C)CCP(C)(=O)OCC. The third-order valence-corrected chi connectivity index (χ3v) is 3.93. The largest absolute Gasteiger partial charge is 0.466 e. The first-order valence-corrected chi connectivity index (χ1v) is 7.56. The average Bonchev–Trinajstić information content (AvgIpc) is 2.14. The quantitative estimate of drug-likeness (QED) is 0.503. The number of ether oxygens (including phenoxy) is 1. The molecule has 0 fully saturated rings. The van der Waals surface area contributed by atoms with E-state index in [1.165, 1.54) is 0 Å². The Morgan fingerprint density at radius 1 is 1.33 bits per heavy atom. The molecule has 90 valence electrons. The minimum Gasteiger partial charge on any atom is -0.466 e. The van der Waals surface area contributed by atoms with E-state index in [0.29, 0.717) is 25.8 Å². The lowest BCUT2D eigenvalue weighted by Gasteiger charge is -2.15. The van der Waals surface area contributed by atoms with Gasteiger partial charge in [-0.1, -0.05) is 6.92 Å². The first kappa shape index (κ1) is 14.7. The van der Waals surface area contributed by atoms with E-state index in [2.05, 4.69) is 0 Å². The van der Waals surface area contributed by atoms with E-state index in [-0.39, 0.29) is 11.9 Å². The summed E-state index contributed by atoms with van der Waals surface area (Å²) in [6.07, 6.45) is 0.980. The Morgan fingerprint density at radius 3 is 2.40 bits per heavy atom. The number of carbonyl (C=O) groups is 1. The average molecular weight is 236 g/mol. The normalized spacial score (nSPS) is 16.8. The van der Waals surface area contributed by atoms with E-state index in [1.807, 2.05) is 6.92 Å². The van der Waals surface area contributed by atoms with Crippen LogP contribution in [0.15, 0.2) is 0 Å². The molecule has 0 aromatic carbocycles. The van der Waals surface area contributed by atoms with Gasteiger partial charge in [0.25, 0.3) is 0 Å². The molecule has 0 radical (unpaired) electrons. The van der Waals surface area contributed by atoms with Crippen LogP contribution < -0.4 is 0 Å². The van der Waals surface area contributed by atoms with Crippen molar-refractivity contribution in [1.29, 1.82) is 0 Å². The number of hydrogen-bond acceptors (Lipinski definition) is 4. The van der Waals surface area contributed by atoms with Crippen molar-refractivity contribution >= 4 is 13.3 Å². The molecule has 15 heavy (non-hydrogen) atoms. The van der Waals surface area contributed by atoms with Crippen LogP contribution >= 0.6 is 7.37 Å². The van der Waals surface area contributed by atoms with Crippen molar-refractivity contribution in [1.82, 2.24) is 0 Å². The van der Waals surface area contributed by atoms with Gasteiger partial charge in [0.05, 0.1) is 19.1 Å². The third-order valence-electron chi connectivity index (χ3n) is 2.06. The lowest BCUT2D eigenvalue weighted by atomic mass is 10.1. The summed E-state index contributed by atoms with van der Waals surface area (Å²) >= 11 is 0.